The average molecular weight is 215 g/mol. The second kappa shape index (κ2) is 4.23. The Bertz CT molecular complexity index is 292. The Morgan fingerprint density at radius 1 is 1.50 bits per heavy atom. The number of likely N-dealkylation sites (N-methyl/N-ethyl adjacent to an activating group) is 1. The minimum absolute atomic E-state index is 0.581. The molecule has 1 aromatic rings. The zero-order chi connectivity index (χ0) is 10.8. The molecule has 0 aliphatic rings. The molecule has 0 spiro atoms. The quantitative estimate of drug-likeness (QED) is 0.825. The number of anilines is 1. The molecular weight excluding hydrogens is 198 g/mol. The van der Waals surface area contributed by atoms with Gasteiger partial charge in [0, 0.05) is 24.6 Å². The minimum Gasteiger partial charge on any atom is -0.389 e. The third-order valence-corrected chi connectivity index (χ3v) is 2.62. The number of nitrogens with zero attached hydrogens (tertiary/aromatic N) is 3. The van der Waals surface area contributed by atoms with E-state index in [9.17, 15) is 5.11 Å². The van der Waals surface area contributed by atoms with Crippen molar-refractivity contribution >= 4 is 16.7 Å². The molecule has 0 saturated carbocycles. The van der Waals surface area contributed by atoms with Crippen molar-refractivity contribution in [3.05, 3.63) is 5.82 Å². The molecule has 80 valence electrons. The molecule has 5 heteroatoms. The highest BCUT2D eigenvalue weighted by molar-refractivity contribution is 7.09. The highest BCUT2D eigenvalue weighted by atomic mass is 32.1. The number of aliphatic hydroxyl groups is 1. The zero-order valence-corrected chi connectivity index (χ0v) is 9.93. The van der Waals surface area contributed by atoms with Gasteiger partial charge in [0.25, 0.3) is 0 Å². The van der Waals surface area contributed by atoms with Crippen molar-refractivity contribution in [3.63, 3.8) is 0 Å². The predicted molar refractivity (Wildman–Crippen MR) is 58.8 cm³/mol. The summed E-state index contributed by atoms with van der Waals surface area (Å²) in [5, 5.41) is 10.6. The third-order valence-electron chi connectivity index (χ3n) is 1.75. The smallest absolute Gasteiger partial charge is 0.205 e. The van der Waals surface area contributed by atoms with Gasteiger partial charge in [-0.1, -0.05) is 0 Å². The van der Waals surface area contributed by atoms with Crippen molar-refractivity contribution < 1.29 is 5.11 Å². The van der Waals surface area contributed by atoms with Crippen molar-refractivity contribution in [2.24, 2.45) is 0 Å². The van der Waals surface area contributed by atoms with E-state index >= 15 is 0 Å². The molecule has 1 aromatic heterocycles. The summed E-state index contributed by atoms with van der Waals surface area (Å²) in [4.78, 5) is 6.32. The highest BCUT2D eigenvalue weighted by Gasteiger charge is 2.19. The molecule has 0 saturated heterocycles. The zero-order valence-electron chi connectivity index (χ0n) is 9.11. The van der Waals surface area contributed by atoms with E-state index < -0.39 is 5.60 Å². The fourth-order valence-electron chi connectivity index (χ4n) is 1.20. The first-order valence-corrected chi connectivity index (χ1v) is 5.47. The lowest BCUT2D eigenvalue weighted by Crippen LogP contribution is -2.38. The number of hydrogen-bond donors (Lipinski definition) is 1. The largest absolute Gasteiger partial charge is 0.389 e. The van der Waals surface area contributed by atoms with Crippen LogP contribution in [0, 0.1) is 6.92 Å². The van der Waals surface area contributed by atoms with Gasteiger partial charge in [-0.05, 0) is 27.7 Å². The predicted octanol–water partition coefficient (Wildman–Crippen LogP) is 1.44. The Hall–Kier alpha value is -0.680. The molecule has 1 N–H and O–H groups in total. The molecule has 0 unspecified atom stereocenters. The van der Waals surface area contributed by atoms with E-state index in [-0.39, 0.29) is 0 Å². The van der Waals surface area contributed by atoms with Crippen molar-refractivity contribution in [1.29, 1.82) is 0 Å². The molecule has 4 nitrogen and oxygen atoms in total. The molecule has 0 fully saturated rings. The summed E-state index contributed by atoms with van der Waals surface area (Å²) in [6.45, 7) is 8.92. The minimum atomic E-state index is -0.699. The second-order valence-electron chi connectivity index (χ2n) is 3.95. The summed E-state index contributed by atoms with van der Waals surface area (Å²) < 4.78 is 4.12. The Morgan fingerprint density at radius 3 is 2.50 bits per heavy atom. The molecule has 0 radical (unpaired) electrons. The number of hydrogen-bond acceptors (Lipinski definition) is 5. The Morgan fingerprint density at radius 2 is 2.14 bits per heavy atom. The first-order chi connectivity index (χ1) is 6.42. The van der Waals surface area contributed by atoms with Gasteiger partial charge in [-0.25, -0.2) is 4.98 Å². The van der Waals surface area contributed by atoms with Crippen molar-refractivity contribution in [2.75, 3.05) is 18.0 Å². The van der Waals surface area contributed by atoms with Crippen LogP contribution in [0.1, 0.15) is 26.6 Å². The Kier molecular flexibility index (Phi) is 3.44. The number of aryl methyl sites for hydroxylation is 1. The van der Waals surface area contributed by atoms with Crippen LogP contribution in [0.2, 0.25) is 0 Å². The maximum Gasteiger partial charge on any atom is 0.205 e. The molecule has 1 heterocycles. The van der Waals surface area contributed by atoms with Crippen molar-refractivity contribution in [3.8, 4) is 0 Å². The lowest BCUT2D eigenvalue weighted by molar-refractivity contribution is 0.0876. The molecule has 0 bridgehead atoms. The summed E-state index contributed by atoms with van der Waals surface area (Å²) in [5.41, 5.74) is -0.699. The van der Waals surface area contributed by atoms with Gasteiger partial charge in [-0.2, -0.15) is 4.37 Å². The number of rotatable bonds is 4. The van der Waals surface area contributed by atoms with E-state index in [4.69, 9.17) is 0 Å². The summed E-state index contributed by atoms with van der Waals surface area (Å²) in [6, 6.07) is 0. The van der Waals surface area contributed by atoms with Gasteiger partial charge in [-0.3, -0.25) is 0 Å². The van der Waals surface area contributed by atoms with Gasteiger partial charge in [0.1, 0.15) is 5.82 Å². The van der Waals surface area contributed by atoms with E-state index in [1.165, 1.54) is 11.5 Å². The molecule has 1 rings (SSSR count). The van der Waals surface area contributed by atoms with Gasteiger partial charge >= 0.3 is 0 Å². The van der Waals surface area contributed by atoms with Crippen LogP contribution in [0.5, 0.6) is 0 Å². The van der Waals surface area contributed by atoms with Crippen LogP contribution in [0.3, 0.4) is 0 Å². The normalized spacial score (nSPS) is 11.8. The van der Waals surface area contributed by atoms with Crippen LogP contribution in [0.4, 0.5) is 5.13 Å². The van der Waals surface area contributed by atoms with Crippen molar-refractivity contribution in [2.45, 2.75) is 33.3 Å². The van der Waals surface area contributed by atoms with E-state index in [0.29, 0.717) is 6.54 Å². The SMILES string of the molecule is CCN(CC(C)(C)O)c1nc(C)ns1. The van der Waals surface area contributed by atoms with Crippen LogP contribution in [-0.4, -0.2) is 33.2 Å². The van der Waals surface area contributed by atoms with Gasteiger partial charge in [0.05, 0.1) is 5.60 Å². The fraction of sp³-hybridized carbons (Fsp3) is 0.778. The van der Waals surface area contributed by atoms with Crippen molar-refractivity contribution in [1.82, 2.24) is 9.36 Å². The first-order valence-electron chi connectivity index (χ1n) is 4.70. The lowest BCUT2D eigenvalue weighted by atomic mass is 10.1. The summed E-state index contributed by atoms with van der Waals surface area (Å²) in [6.07, 6.45) is 0. The highest BCUT2D eigenvalue weighted by Crippen LogP contribution is 2.18. The standard InChI is InChI=1S/C9H17N3OS/c1-5-12(6-9(3,4)13)8-10-7(2)11-14-8/h13H,5-6H2,1-4H3. The maximum absolute atomic E-state index is 9.70. The molecule has 0 aliphatic heterocycles. The first kappa shape index (κ1) is 11.4. The van der Waals surface area contributed by atoms with Crippen LogP contribution < -0.4 is 4.90 Å². The topological polar surface area (TPSA) is 49.2 Å². The van der Waals surface area contributed by atoms with Crippen LogP contribution in [0.15, 0.2) is 0 Å². The summed E-state index contributed by atoms with van der Waals surface area (Å²) in [7, 11) is 0. The number of aromatic nitrogens is 2. The van der Waals surface area contributed by atoms with E-state index in [0.717, 1.165) is 17.5 Å². The molecular formula is C9H17N3OS. The van der Waals surface area contributed by atoms with E-state index in [2.05, 4.69) is 9.36 Å². The Labute approximate surface area is 88.8 Å². The van der Waals surface area contributed by atoms with Crippen LogP contribution in [0.25, 0.3) is 0 Å². The van der Waals surface area contributed by atoms with E-state index in [1.807, 2.05) is 18.7 Å². The van der Waals surface area contributed by atoms with Gasteiger partial charge in [0.2, 0.25) is 5.13 Å². The van der Waals surface area contributed by atoms with E-state index in [1.54, 1.807) is 13.8 Å². The lowest BCUT2D eigenvalue weighted by Gasteiger charge is -2.27. The maximum atomic E-state index is 9.70. The molecule has 0 amide bonds. The van der Waals surface area contributed by atoms with Gasteiger partial charge in [-0.15, -0.1) is 0 Å². The second-order valence-corrected chi connectivity index (χ2v) is 4.68. The fourth-order valence-corrected chi connectivity index (χ4v) is 1.93. The van der Waals surface area contributed by atoms with Crippen LogP contribution >= 0.6 is 11.5 Å². The average Bonchev–Trinajstić information content (AvgIpc) is 2.46. The van der Waals surface area contributed by atoms with Gasteiger partial charge in [0.15, 0.2) is 0 Å². The van der Waals surface area contributed by atoms with Gasteiger partial charge < -0.3 is 10.0 Å². The summed E-state index contributed by atoms with van der Waals surface area (Å²) in [5.74, 6) is 0.791. The monoisotopic (exact) mass is 215 g/mol. The molecule has 14 heavy (non-hydrogen) atoms. The molecule has 0 aliphatic carbocycles. The molecule has 0 aromatic carbocycles. The molecule has 0 atom stereocenters. The Balaban J connectivity index is 2.72. The van der Waals surface area contributed by atoms with Crippen LogP contribution in [-0.2, 0) is 0 Å². The third kappa shape index (κ3) is 3.23. The summed E-state index contributed by atoms with van der Waals surface area (Å²) >= 11 is 1.38.